The maximum Gasteiger partial charge on any atom is 0.244 e. The van der Waals surface area contributed by atoms with Crippen molar-refractivity contribution in [2.75, 3.05) is 0 Å². The normalized spacial score (nSPS) is 14.8. The summed E-state index contributed by atoms with van der Waals surface area (Å²) in [6.45, 7) is 38.6. The molecule has 64 heavy (non-hydrogen) atoms. The molecule has 0 aliphatic carbocycles. The summed E-state index contributed by atoms with van der Waals surface area (Å²) in [5, 5.41) is 8.90. The van der Waals surface area contributed by atoms with Gasteiger partial charge in [0.15, 0.2) is 0 Å². The average Bonchev–Trinajstić information content (AvgIpc) is 3.72. The summed E-state index contributed by atoms with van der Waals surface area (Å²) in [5.74, 6) is 0.712. The van der Waals surface area contributed by atoms with Crippen molar-refractivity contribution in [3.8, 4) is 44.5 Å². The van der Waals surface area contributed by atoms with Gasteiger partial charge >= 0.3 is 0 Å². The Labute approximate surface area is 383 Å². The lowest BCUT2D eigenvalue weighted by atomic mass is 9.34. The first-order chi connectivity index (χ1) is 29.9. The van der Waals surface area contributed by atoms with Crippen LogP contribution in [0.1, 0.15) is 156 Å². The van der Waals surface area contributed by atoms with Crippen LogP contribution >= 0.6 is 0 Å². The fourth-order valence-corrected chi connectivity index (χ4v) is 12.8. The van der Waals surface area contributed by atoms with E-state index in [1.807, 2.05) is 0 Å². The molecule has 8 aromatic rings. The molecule has 0 nitrogen and oxygen atoms in total. The van der Waals surface area contributed by atoms with Crippen molar-refractivity contribution in [3.05, 3.63) is 118 Å². The highest BCUT2D eigenvalue weighted by Crippen LogP contribution is 2.51. The number of rotatable bonds is 2. The molecule has 0 unspecified atom stereocenters. The highest BCUT2D eigenvalue weighted by atomic mass is 14.4. The van der Waals surface area contributed by atoms with Crippen LogP contribution in [0.25, 0.3) is 76.8 Å². The predicted octanol–water partition coefficient (Wildman–Crippen LogP) is 13.0. The molecule has 0 spiro atoms. The van der Waals surface area contributed by atoms with E-state index in [9.17, 15) is 0 Å². The van der Waals surface area contributed by atoms with Gasteiger partial charge in [0, 0.05) is 0 Å². The number of benzene rings is 8. The standard InChI is InChI=1S/C62H64B2/c1-31(2)37-27-41-47-25-35(61(11,12)13)23-45-39-21-34(60(8,9)10)18-20-50(39)64(57(45)47)52-30-44-38(32(3)4)28-42-48-26-36(62(14,15)16)24-46-40-22-33(59(5,6)7)17-19-49(40)63(58(46)48)51-29-43(37)55(53(41)52)56(44)54(42)51/h17-32H,1-16H3. The molecule has 0 N–H and O–H groups in total. The summed E-state index contributed by atoms with van der Waals surface area (Å²) in [6.07, 6.45) is 0. The molecule has 8 aromatic carbocycles. The molecule has 0 saturated heterocycles. The van der Waals surface area contributed by atoms with Gasteiger partial charge in [-0.05, 0) is 156 Å². The van der Waals surface area contributed by atoms with Gasteiger partial charge in [-0.2, -0.15) is 0 Å². The first kappa shape index (κ1) is 40.4. The second kappa shape index (κ2) is 12.4. The summed E-state index contributed by atoms with van der Waals surface area (Å²) in [6, 6.07) is 36.1. The Morgan fingerprint density at radius 1 is 0.312 bits per heavy atom. The van der Waals surface area contributed by atoms with Crippen molar-refractivity contribution in [3.63, 3.8) is 0 Å². The largest absolute Gasteiger partial charge is 0.244 e. The second-order valence-electron chi connectivity index (χ2n) is 25.3. The summed E-state index contributed by atoms with van der Waals surface area (Å²) in [4.78, 5) is 0. The fraction of sp³-hybridized carbons (Fsp3) is 0.355. The minimum absolute atomic E-state index is 0.00665. The third-order valence-corrected chi connectivity index (χ3v) is 16.4. The Kier molecular flexibility index (Phi) is 7.85. The zero-order chi connectivity index (χ0) is 45.2. The van der Waals surface area contributed by atoms with Crippen LogP contribution < -0.4 is 32.8 Å². The first-order valence-electron chi connectivity index (χ1n) is 24.5. The summed E-state index contributed by atoms with van der Waals surface area (Å²) >= 11 is 0. The summed E-state index contributed by atoms with van der Waals surface area (Å²) in [7, 11) is 0. The van der Waals surface area contributed by atoms with Gasteiger partial charge in [-0.15, -0.1) is 0 Å². The maximum atomic E-state index is 2.71. The van der Waals surface area contributed by atoms with Gasteiger partial charge in [-0.25, -0.2) is 0 Å². The van der Waals surface area contributed by atoms with E-state index in [2.05, 4.69) is 196 Å². The Hall–Kier alpha value is -5.07. The zero-order valence-corrected chi connectivity index (χ0v) is 41.4. The lowest BCUT2D eigenvalue weighted by molar-refractivity contribution is 0.590. The van der Waals surface area contributed by atoms with Crippen molar-refractivity contribution >= 4 is 78.5 Å². The van der Waals surface area contributed by atoms with E-state index < -0.39 is 0 Å². The molecule has 0 bridgehead atoms. The smallest absolute Gasteiger partial charge is 0.0661 e. The molecule has 4 aliphatic rings. The van der Waals surface area contributed by atoms with E-state index in [1.165, 1.54) is 143 Å². The van der Waals surface area contributed by atoms with Gasteiger partial charge in [0.1, 0.15) is 0 Å². The molecular weight excluding hydrogens is 766 g/mol. The topological polar surface area (TPSA) is 0 Å². The molecule has 0 amide bonds. The van der Waals surface area contributed by atoms with E-state index in [4.69, 9.17) is 0 Å². The average molecular weight is 831 g/mol. The Morgan fingerprint density at radius 2 is 0.625 bits per heavy atom. The van der Waals surface area contributed by atoms with E-state index in [-0.39, 0.29) is 35.1 Å². The number of hydrogen-bond donors (Lipinski definition) is 0. The van der Waals surface area contributed by atoms with Gasteiger partial charge in [0.25, 0.3) is 0 Å². The lowest BCUT2D eigenvalue weighted by Crippen LogP contribution is -2.53. The van der Waals surface area contributed by atoms with E-state index in [0.717, 1.165) is 0 Å². The van der Waals surface area contributed by atoms with Crippen molar-refractivity contribution < 1.29 is 0 Å². The Balaban J connectivity index is 1.28. The molecule has 2 heteroatoms. The molecule has 4 aliphatic heterocycles. The third kappa shape index (κ3) is 5.21. The van der Waals surface area contributed by atoms with Gasteiger partial charge in [0.2, 0.25) is 13.4 Å². The molecule has 0 aromatic heterocycles. The lowest BCUT2D eigenvalue weighted by Gasteiger charge is -2.34. The maximum absolute atomic E-state index is 2.71. The van der Waals surface area contributed by atoms with Crippen LogP contribution in [0.4, 0.5) is 0 Å². The zero-order valence-electron chi connectivity index (χ0n) is 41.4. The second-order valence-corrected chi connectivity index (χ2v) is 25.3. The number of fused-ring (bicyclic) bond motifs is 10. The molecule has 0 radical (unpaired) electrons. The van der Waals surface area contributed by atoms with Crippen molar-refractivity contribution in [1.82, 2.24) is 0 Å². The molecule has 318 valence electrons. The van der Waals surface area contributed by atoms with Gasteiger partial charge < -0.3 is 0 Å². The molecule has 0 atom stereocenters. The van der Waals surface area contributed by atoms with Gasteiger partial charge in [0.05, 0.1) is 0 Å². The third-order valence-electron chi connectivity index (χ3n) is 16.4. The van der Waals surface area contributed by atoms with E-state index in [1.54, 1.807) is 0 Å². The Bertz CT molecular complexity index is 3190. The van der Waals surface area contributed by atoms with Crippen LogP contribution in [-0.4, -0.2) is 13.4 Å². The summed E-state index contributed by atoms with van der Waals surface area (Å²) in [5.41, 5.74) is 29.3. The van der Waals surface area contributed by atoms with Crippen LogP contribution in [0.5, 0.6) is 0 Å². The summed E-state index contributed by atoms with van der Waals surface area (Å²) < 4.78 is 0. The molecule has 4 heterocycles. The van der Waals surface area contributed by atoms with Gasteiger partial charge in [-0.1, -0.05) is 216 Å². The molecule has 12 rings (SSSR count). The monoisotopic (exact) mass is 831 g/mol. The van der Waals surface area contributed by atoms with E-state index in [0.29, 0.717) is 11.8 Å². The van der Waals surface area contributed by atoms with Crippen LogP contribution in [0.15, 0.2) is 84.9 Å². The highest BCUT2D eigenvalue weighted by molar-refractivity contribution is 7.03. The Morgan fingerprint density at radius 3 is 0.938 bits per heavy atom. The van der Waals surface area contributed by atoms with E-state index >= 15 is 0 Å². The van der Waals surface area contributed by atoms with Crippen molar-refractivity contribution in [2.24, 2.45) is 0 Å². The van der Waals surface area contributed by atoms with Gasteiger partial charge in [-0.3, -0.25) is 0 Å². The molecule has 0 fully saturated rings. The fourth-order valence-electron chi connectivity index (χ4n) is 12.8. The number of hydrogen-bond acceptors (Lipinski definition) is 0. The molecule has 0 saturated carbocycles. The van der Waals surface area contributed by atoms with Crippen LogP contribution in [0.2, 0.25) is 0 Å². The van der Waals surface area contributed by atoms with Crippen LogP contribution in [-0.2, 0) is 21.7 Å². The predicted molar refractivity (Wildman–Crippen MR) is 284 cm³/mol. The molecular formula is C62H64B2. The van der Waals surface area contributed by atoms with Crippen molar-refractivity contribution in [1.29, 1.82) is 0 Å². The minimum atomic E-state index is 0.00665. The first-order valence-corrected chi connectivity index (χ1v) is 24.5. The van der Waals surface area contributed by atoms with Crippen LogP contribution in [0, 0.1) is 0 Å². The van der Waals surface area contributed by atoms with Crippen LogP contribution in [0.3, 0.4) is 0 Å². The quantitative estimate of drug-likeness (QED) is 0.120. The SMILES string of the molecule is CC(C)c1cc2c3c(cc4c(C(C)C)cc5c6c(cc1c3c46)B1c3ccc(C(C)(C)C)cc3-c3cc(C(C)(C)C)cc-5c31)B1c3ccc(C(C)(C)C)cc3-c3cc(C(C)(C)C)cc-2c31. The van der Waals surface area contributed by atoms with Crippen molar-refractivity contribution in [2.45, 2.75) is 144 Å². The minimum Gasteiger partial charge on any atom is -0.0661 e. The highest BCUT2D eigenvalue weighted by Gasteiger charge is 2.46.